The Labute approximate surface area is 99.7 Å². The SMILES string of the molecule is Cc1ccc2c(c1)cc(F)c1cc(C)ccc12. The lowest BCUT2D eigenvalue weighted by Gasteiger charge is -2.07. The van der Waals surface area contributed by atoms with E-state index in [0.29, 0.717) is 5.39 Å². The van der Waals surface area contributed by atoms with Crippen LogP contribution in [0.2, 0.25) is 0 Å². The maximum atomic E-state index is 14.0. The van der Waals surface area contributed by atoms with Crippen molar-refractivity contribution in [1.82, 2.24) is 0 Å². The van der Waals surface area contributed by atoms with Gasteiger partial charge in [0.2, 0.25) is 0 Å². The average molecular weight is 224 g/mol. The van der Waals surface area contributed by atoms with Crippen molar-refractivity contribution in [3.63, 3.8) is 0 Å². The van der Waals surface area contributed by atoms with E-state index in [1.807, 2.05) is 38.1 Å². The van der Waals surface area contributed by atoms with Crippen molar-refractivity contribution in [2.24, 2.45) is 0 Å². The lowest BCUT2D eigenvalue weighted by atomic mass is 9.99. The molecule has 3 aromatic carbocycles. The van der Waals surface area contributed by atoms with Crippen LogP contribution in [0.15, 0.2) is 42.5 Å². The molecule has 0 unspecified atom stereocenters. The Kier molecular flexibility index (Phi) is 2.15. The molecule has 84 valence electrons. The highest BCUT2D eigenvalue weighted by Crippen LogP contribution is 2.29. The van der Waals surface area contributed by atoms with Gasteiger partial charge in [-0.15, -0.1) is 0 Å². The van der Waals surface area contributed by atoms with Gasteiger partial charge in [-0.3, -0.25) is 0 Å². The number of benzene rings is 3. The van der Waals surface area contributed by atoms with E-state index in [2.05, 4.69) is 12.1 Å². The molecule has 0 saturated heterocycles. The van der Waals surface area contributed by atoms with Crippen LogP contribution in [-0.2, 0) is 0 Å². The number of halogens is 1. The molecule has 17 heavy (non-hydrogen) atoms. The van der Waals surface area contributed by atoms with E-state index in [9.17, 15) is 4.39 Å². The van der Waals surface area contributed by atoms with Crippen molar-refractivity contribution in [3.8, 4) is 0 Å². The first-order valence-electron chi connectivity index (χ1n) is 5.74. The van der Waals surface area contributed by atoms with E-state index in [1.54, 1.807) is 6.07 Å². The molecule has 0 aliphatic heterocycles. The maximum Gasteiger partial charge on any atom is 0.131 e. The van der Waals surface area contributed by atoms with Gasteiger partial charge in [0.05, 0.1) is 0 Å². The van der Waals surface area contributed by atoms with Crippen LogP contribution in [0.5, 0.6) is 0 Å². The Morgan fingerprint density at radius 3 is 2.12 bits per heavy atom. The van der Waals surface area contributed by atoms with Gasteiger partial charge in [0.1, 0.15) is 5.82 Å². The molecule has 0 amide bonds. The average Bonchev–Trinajstić information content (AvgIpc) is 2.29. The second-order valence-corrected chi connectivity index (χ2v) is 4.63. The number of hydrogen-bond donors (Lipinski definition) is 0. The van der Waals surface area contributed by atoms with E-state index < -0.39 is 0 Å². The van der Waals surface area contributed by atoms with Gasteiger partial charge in [-0.05, 0) is 42.1 Å². The van der Waals surface area contributed by atoms with Gasteiger partial charge in [-0.2, -0.15) is 0 Å². The summed E-state index contributed by atoms with van der Waals surface area (Å²) in [6.07, 6.45) is 0. The van der Waals surface area contributed by atoms with Crippen LogP contribution in [0.25, 0.3) is 21.5 Å². The lowest BCUT2D eigenvalue weighted by molar-refractivity contribution is 0.641. The molecule has 0 fully saturated rings. The molecule has 0 nitrogen and oxygen atoms in total. The van der Waals surface area contributed by atoms with Crippen LogP contribution in [0, 0.1) is 19.7 Å². The highest BCUT2D eigenvalue weighted by molar-refractivity contribution is 6.08. The molecule has 0 aromatic heterocycles. The van der Waals surface area contributed by atoms with Crippen LogP contribution in [0.3, 0.4) is 0 Å². The molecule has 0 atom stereocenters. The molecule has 0 spiro atoms. The molecule has 0 radical (unpaired) electrons. The minimum Gasteiger partial charge on any atom is -0.206 e. The summed E-state index contributed by atoms with van der Waals surface area (Å²) in [5.74, 6) is -0.137. The molecule has 0 aliphatic carbocycles. The maximum absolute atomic E-state index is 14.0. The molecule has 0 saturated carbocycles. The quantitative estimate of drug-likeness (QED) is 0.483. The van der Waals surface area contributed by atoms with Gasteiger partial charge in [-0.25, -0.2) is 4.39 Å². The van der Waals surface area contributed by atoms with E-state index in [-0.39, 0.29) is 5.82 Å². The Morgan fingerprint density at radius 1 is 0.706 bits per heavy atom. The van der Waals surface area contributed by atoms with Gasteiger partial charge in [0.15, 0.2) is 0 Å². The van der Waals surface area contributed by atoms with Crippen molar-refractivity contribution in [3.05, 3.63) is 59.4 Å². The molecule has 3 rings (SSSR count). The minimum atomic E-state index is -0.137. The van der Waals surface area contributed by atoms with Gasteiger partial charge in [0.25, 0.3) is 0 Å². The molecule has 1 heteroatoms. The van der Waals surface area contributed by atoms with Gasteiger partial charge in [-0.1, -0.05) is 41.5 Å². The van der Waals surface area contributed by atoms with Crippen LogP contribution in [0.1, 0.15) is 11.1 Å². The van der Waals surface area contributed by atoms with Crippen LogP contribution >= 0.6 is 0 Å². The third kappa shape index (κ3) is 1.59. The number of fused-ring (bicyclic) bond motifs is 3. The second-order valence-electron chi connectivity index (χ2n) is 4.63. The zero-order chi connectivity index (χ0) is 12.0. The molecule has 0 bridgehead atoms. The highest BCUT2D eigenvalue weighted by Gasteiger charge is 2.06. The molecular weight excluding hydrogens is 211 g/mol. The zero-order valence-corrected chi connectivity index (χ0v) is 9.92. The largest absolute Gasteiger partial charge is 0.206 e. The Morgan fingerprint density at radius 2 is 1.35 bits per heavy atom. The standard InChI is InChI=1S/C16H13F/c1-10-3-5-13-12(7-10)9-16(17)15-8-11(2)4-6-14(13)15/h3-9H,1-2H3. The van der Waals surface area contributed by atoms with Crippen LogP contribution in [-0.4, -0.2) is 0 Å². The Balaban J connectivity index is 2.55. The lowest BCUT2D eigenvalue weighted by Crippen LogP contribution is -1.85. The summed E-state index contributed by atoms with van der Waals surface area (Å²) >= 11 is 0. The topological polar surface area (TPSA) is 0 Å². The predicted molar refractivity (Wildman–Crippen MR) is 70.9 cm³/mol. The highest BCUT2D eigenvalue weighted by atomic mass is 19.1. The first-order valence-corrected chi connectivity index (χ1v) is 5.74. The van der Waals surface area contributed by atoms with E-state index in [0.717, 1.165) is 27.3 Å². The van der Waals surface area contributed by atoms with Gasteiger partial charge >= 0.3 is 0 Å². The summed E-state index contributed by atoms with van der Waals surface area (Å²) in [7, 11) is 0. The first-order chi connectivity index (χ1) is 8.15. The van der Waals surface area contributed by atoms with E-state index >= 15 is 0 Å². The minimum absolute atomic E-state index is 0.137. The summed E-state index contributed by atoms with van der Waals surface area (Å²) in [6, 6.07) is 13.7. The van der Waals surface area contributed by atoms with Gasteiger partial charge in [0, 0.05) is 5.39 Å². The first kappa shape index (κ1) is 10.3. The summed E-state index contributed by atoms with van der Waals surface area (Å²) < 4.78 is 14.0. The molecule has 3 aromatic rings. The summed E-state index contributed by atoms with van der Waals surface area (Å²) in [5.41, 5.74) is 2.24. The molecule has 0 N–H and O–H groups in total. The van der Waals surface area contributed by atoms with Crippen molar-refractivity contribution in [2.45, 2.75) is 13.8 Å². The molecular formula is C16H13F. The number of aryl methyl sites for hydroxylation is 2. The number of hydrogen-bond acceptors (Lipinski definition) is 0. The Hall–Kier alpha value is -1.89. The summed E-state index contributed by atoms with van der Waals surface area (Å²) in [4.78, 5) is 0. The van der Waals surface area contributed by atoms with Crippen molar-refractivity contribution >= 4 is 21.5 Å². The second kappa shape index (κ2) is 3.56. The molecule has 0 aliphatic rings. The van der Waals surface area contributed by atoms with E-state index in [1.165, 1.54) is 0 Å². The van der Waals surface area contributed by atoms with Gasteiger partial charge < -0.3 is 0 Å². The van der Waals surface area contributed by atoms with Crippen molar-refractivity contribution < 1.29 is 4.39 Å². The fourth-order valence-corrected chi connectivity index (χ4v) is 2.35. The smallest absolute Gasteiger partial charge is 0.131 e. The zero-order valence-electron chi connectivity index (χ0n) is 9.92. The number of rotatable bonds is 0. The van der Waals surface area contributed by atoms with Crippen molar-refractivity contribution in [2.75, 3.05) is 0 Å². The summed E-state index contributed by atoms with van der Waals surface area (Å²) in [6.45, 7) is 4.01. The van der Waals surface area contributed by atoms with Crippen LogP contribution in [0.4, 0.5) is 4.39 Å². The van der Waals surface area contributed by atoms with E-state index in [4.69, 9.17) is 0 Å². The summed E-state index contributed by atoms with van der Waals surface area (Å²) in [5, 5.41) is 3.79. The van der Waals surface area contributed by atoms with Crippen molar-refractivity contribution in [1.29, 1.82) is 0 Å². The van der Waals surface area contributed by atoms with Crippen LogP contribution < -0.4 is 0 Å². The Bertz CT molecular complexity index is 726. The normalized spacial score (nSPS) is 11.2. The third-order valence-electron chi connectivity index (χ3n) is 3.21. The monoisotopic (exact) mass is 224 g/mol. The molecule has 0 heterocycles. The fourth-order valence-electron chi connectivity index (χ4n) is 2.35. The fraction of sp³-hybridized carbons (Fsp3) is 0.125. The predicted octanol–water partition coefficient (Wildman–Crippen LogP) is 4.75. The third-order valence-corrected chi connectivity index (χ3v) is 3.21.